The summed E-state index contributed by atoms with van der Waals surface area (Å²) in [5.41, 5.74) is 2.32. The summed E-state index contributed by atoms with van der Waals surface area (Å²) in [7, 11) is -3.73. The predicted octanol–water partition coefficient (Wildman–Crippen LogP) is 3.53. The summed E-state index contributed by atoms with van der Waals surface area (Å²) in [6, 6.07) is 13.3. The van der Waals surface area contributed by atoms with Crippen LogP contribution in [0.1, 0.15) is 35.3 Å². The molecule has 2 aromatic rings. The molecule has 2 aromatic carbocycles. The Morgan fingerprint density at radius 1 is 0.926 bits per heavy atom. The summed E-state index contributed by atoms with van der Waals surface area (Å²) >= 11 is 0. The number of ketones is 1. The van der Waals surface area contributed by atoms with E-state index in [9.17, 15) is 18.0 Å². The lowest BCUT2D eigenvalue weighted by molar-refractivity contribution is -0.146. The minimum Gasteiger partial charge on any atom is -0.462 e. The van der Waals surface area contributed by atoms with Gasteiger partial charge >= 0.3 is 5.97 Å². The van der Waals surface area contributed by atoms with Crippen LogP contribution < -0.4 is 0 Å². The second kappa shape index (κ2) is 8.48. The van der Waals surface area contributed by atoms with Crippen molar-refractivity contribution in [3.05, 3.63) is 65.2 Å². The van der Waals surface area contributed by atoms with Crippen molar-refractivity contribution >= 4 is 21.6 Å². The fourth-order valence-corrected chi connectivity index (χ4v) is 4.42. The van der Waals surface area contributed by atoms with Crippen LogP contribution in [0.15, 0.2) is 53.4 Å². The van der Waals surface area contributed by atoms with Crippen molar-refractivity contribution in [3.8, 4) is 0 Å². The van der Waals surface area contributed by atoms with E-state index < -0.39 is 33.6 Å². The molecule has 144 valence electrons. The van der Waals surface area contributed by atoms with Gasteiger partial charge in [-0.05, 0) is 32.9 Å². The predicted molar refractivity (Wildman–Crippen MR) is 103 cm³/mol. The Hall–Kier alpha value is -2.47. The van der Waals surface area contributed by atoms with Gasteiger partial charge in [-0.15, -0.1) is 0 Å². The number of sulfone groups is 1. The molecule has 0 saturated heterocycles. The summed E-state index contributed by atoms with van der Waals surface area (Å²) in [6.07, 6.45) is -0.864. The van der Waals surface area contributed by atoms with Crippen LogP contribution in [-0.2, 0) is 19.4 Å². The number of hydrogen-bond donors (Lipinski definition) is 0. The van der Waals surface area contributed by atoms with E-state index in [1.807, 2.05) is 13.8 Å². The molecule has 6 heteroatoms. The molecule has 2 rings (SSSR count). The molecule has 0 heterocycles. The fraction of sp³-hybridized carbons (Fsp3) is 0.333. The highest BCUT2D eigenvalue weighted by molar-refractivity contribution is 7.91. The second-order valence-electron chi connectivity index (χ2n) is 6.75. The van der Waals surface area contributed by atoms with E-state index in [1.165, 1.54) is 19.1 Å². The molecule has 0 aliphatic rings. The van der Waals surface area contributed by atoms with Crippen LogP contribution in [0.5, 0.6) is 0 Å². The van der Waals surface area contributed by atoms with Crippen LogP contribution in [0.2, 0.25) is 0 Å². The molecule has 0 spiro atoms. The zero-order chi connectivity index (χ0) is 20.2. The van der Waals surface area contributed by atoms with Crippen molar-refractivity contribution in [2.24, 2.45) is 5.92 Å². The van der Waals surface area contributed by atoms with Crippen molar-refractivity contribution in [3.63, 3.8) is 0 Å². The average molecular weight is 388 g/mol. The van der Waals surface area contributed by atoms with Gasteiger partial charge in [0.05, 0.1) is 16.6 Å². The normalized spacial score (nSPS) is 13.6. The van der Waals surface area contributed by atoms with Gasteiger partial charge in [0.1, 0.15) is 6.10 Å². The Bertz CT molecular complexity index is 912. The van der Waals surface area contributed by atoms with E-state index in [4.69, 9.17) is 4.74 Å². The third kappa shape index (κ3) is 5.50. The first kappa shape index (κ1) is 20.8. The molecule has 0 bridgehead atoms. The van der Waals surface area contributed by atoms with E-state index in [1.54, 1.807) is 43.3 Å². The summed E-state index contributed by atoms with van der Waals surface area (Å²) in [4.78, 5) is 24.5. The summed E-state index contributed by atoms with van der Waals surface area (Å²) in [5.74, 6) is -2.35. The summed E-state index contributed by atoms with van der Waals surface area (Å²) < 4.78 is 30.8. The Morgan fingerprint density at radius 2 is 1.41 bits per heavy atom. The molecular formula is C21H24O5S. The number of carbonyl (C=O) groups is 2. The lowest BCUT2D eigenvalue weighted by atomic mass is 9.94. The topological polar surface area (TPSA) is 77.5 Å². The zero-order valence-electron chi connectivity index (χ0n) is 15.9. The molecule has 0 aliphatic carbocycles. The Morgan fingerprint density at radius 3 is 1.89 bits per heavy atom. The van der Waals surface area contributed by atoms with Crippen LogP contribution >= 0.6 is 0 Å². The number of carbonyl (C=O) groups excluding carboxylic acids is 2. The van der Waals surface area contributed by atoms with E-state index in [0.717, 1.165) is 11.1 Å². The minimum atomic E-state index is -3.73. The van der Waals surface area contributed by atoms with E-state index in [2.05, 4.69) is 0 Å². The van der Waals surface area contributed by atoms with Gasteiger partial charge in [0.15, 0.2) is 15.6 Å². The quantitative estimate of drug-likeness (QED) is 0.536. The highest BCUT2D eigenvalue weighted by Crippen LogP contribution is 2.22. The maximum atomic E-state index is 13.0. The number of aryl methyl sites for hydroxylation is 2. The molecule has 0 aliphatic heterocycles. The van der Waals surface area contributed by atoms with Crippen LogP contribution in [0.4, 0.5) is 0 Å². The minimum absolute atomic E-state index is 0.143. The number of rotatable bonds is 7. The van der Waals surface area contributed by atoms with Gasteiger partial charge in [-0.2, -0.15) is 0 Å². The monoisotopic (exact) mass is 388 g/mol. The Kier molecular flexibility index (Phi) is 6.54. The smallest absolute Gasteiger partial charge is 0.302 e. The molecule has 0 unspecified atom stereocenters. The first-order chi connectivity index (χ1) is 12.6. The number of esters is 1. The molecule has 27 heavy (non-hydrogen) atoms. The van der Waals surface area contributed by atoms with Crippen molar-refractivity contribution in [2.75, 3.05) is 5.75 Å². The summed E-state index contributed by atoms with van der Waals surface area (Å²) in [6.45, 7) is 6.54. The van der Waals surface area contributed by atoms with Gasteiger partial charge in [0.25, 0.3) is 0 Å². The lowest BCUT2D eigenvalue weighted by Crippen LogP contribution is -2.35. The largest absolute Gasteiger partial charge is 0.462 e. The molecule has 0 aromatic heterocycles. The van der Waals surface area contributed by atoms with E-state index >= 15 is 0 Å². The van der Waals surface area contributed by atoms with Crippen LogP contribution in [-0.4, -0.2) is 32.0 Å². The first-order valence-electron chi connectivity index (χ1n) is 8.67. The van der Waals surface area contributed by atoms with Crippen molar-refractivity contribution < 1.29 is 22.7 Å². The molecule has 0 amide bonds. The van der Waals surface area contributed by atoms with Crippen LogP contribution in [0, 0.1) is 19.8 Å². The van der Waals surface area contributed by atoms with Gasteiger partial charge < -0.3 is 4.74 Å². The maximum absolute atomic E-state index is 13.0. The SMILES string of the molecule is CC(=O)O[C@H](C)[C@@H](CS(=O)(=O)c1ccc(C)cc1)C(=O)c1ccc(C)cc1. The molecule has 0 radical (unpaired) electrons. The molecule has 0 fully saturated rings. The van der Waals surface area contributed by atoms with Crippen LogP contribution in [0.25, 0.3) is 0 Å². The van der Waals surface area contributed by atoms with E-state index in [-0.39, 0.29) is 10.7 Å². The number of hydrogen-bond acceptors (Lipinski definition) is 5. The van der Waals surface area contributed by atoms with Gasteiger partial charge in [-0.25, -0.2) is 8.42 Å². The highest BCUT2D eigenvalue weighted by Gasteiger charge is 2.33. The first-order valence-corrected chi connectivity index (χ1v) is 10.3. The van der Waals surface area contributed by atoms with Crippen LogP contribution in [0.3, 0.4) is 0 Å². The zero-order valence-corrected chi connectivity index (χ0v) is 16.7. The maximum Gasteiger partial charge on any atom is 0.302 e. The molecule has 5 nitrogen and oxygen atoms in total. The fourth-order valence-electron chi connectivity index (χ4n) is 2.78. The summed E-state index contributed by atoms with van der Waals surface area (Å²) in [5, 5.41) is 0. The van der Waals surface area contributed by atoms with Gasteiger partial charge in [0.2, 0.25) is 0 Å². The second-order valence-corrected chi connectivity index (χ2v) is 8.78. The third-order valence-electron chi connectivity index (χ3n) is 4.37. The molecular weight excluding hydrogens is 364 g/mol. The molecule has 2 atom stereocenters. The molecule has 0 N–H and O–H groups in total. The number of benzene rings is 2. The van der Waals surface area contributed by atoms with E-state index in [0.29, 0.717) is 5.56 Å². The number of ether oxygens (including phenoxy) is 1. The van der Waals surface area contributed by atoms with Crippen molar-refractivity contribution in [1.82, 2.24) is 0 Å². The van der Waals surface area contributed by atoms with Gasteiger partial charge in [-0.3, -0.25) is 9.59 Å². The third-order valence-corrected chi connectivity index (χ3v) is 6.16. The lowest BCUT2D eigenvalue weighted by Gasteiger charge is -2.23. The highest BCUT2D eigenvalue weighted by atomic mass is 32.2. The average Bonchev–Trinajstić information content (AvgIpc) is 2.59. The standard InChI is InChI=1S/C21H24O5S/c1-14-5-9-18(10-6-14)21(23)20(16(3)26-17(4)22)13-27(24,25)19-11-7-15(2)8-12-19/h5-12,16,20H,13H2,1-4H3/t16-,20-/m1/s1. The van der Waals surface area contributed by atoms with Crippen molar-refractivity contribution in [1.29, 1.82) is 0 Å². The van der Waals surface area contributed by atoms with Gasteiger partial charge in [-0.1, -0.05) is 47.5 Å². The number of Topliss-reactive ketones (excluding diaryl/α,β-unsaturated/α-hetero) is 1. The van der Waals surface area contributed by atoms with Gasteiger partial charge in [0, 0.05) is 12.5 Å². The Balaban J connectivity index is 2.37. The Labute approximate surface area is 160 Å². The molecule has 0 saturated carbocycles. The van der Waals surface area contributed by atoms with Crippen molar-refractivity contribution in [2.45, 2.75) is 38.7 Å².